The first-order valence-electron chi connectivity index (χ1n) is 8.28. The van der Waals surface area contributed by atoms with E-state index in [4.69, 9.17) is 14.1 Å². The second-order valence-electron chi connectivity index (χ2n) is 6.11. The zero-order valence-corrected chi connectivity index (χ0v) is 15.6. The Labute approximate surface area is 155 Å². The SMILES string of the molecule is COc1ccc(-c2cc(=Nc3nccs3)c3c(C)cc(C)cc3o2)cc1. The second-order valence-corrected chi connectivity index (χ2v) is 6.98. The zero-order valence-electron chi connectivity index (χ0n) is 14.8. The molecule has 0 bridgehead atoms. The van der Waals surface area contributed by atoms with Crippen molar-refractivity contribution in [1.29, 1.82) is 0 Å². The number of aromatic nitrogens is 1. The van der Waals surface area contributed by atoms with Gasteiger partial charge in [-0.3, -0.25) is 0 Å². The Kier molecular flexibility index (Phi) is 4.31. The van der Waals surface area contributed by atoms with Gasteiger partial charge in [-0.25, -0.2) is 9.98 Å². The molecule has 4 rings (SSSR count). The van der Waals surface area contributed by atoms with Crippen molar-refractivity contribution < 1.29 is 9.15 Å². The number of hydrogen-bond donors (Lipinski definition) is 0. The molecule has 0 N–H and O–H groups in total. The third kappa shape index (κ3) is 3.13. The maximum Gasteiger partial charge on any atom is 0.209 e. The summed E-state index contributed by atoms with van der Waals surface area (Å²) in [7, 11) is 1.66. The van der Waals surface area contributed by atoms with Gasteiger partial charge < -0.3 is 9.15 Å². The van der Waals surface area contributed by atoms with Crippen molar-refractivity contribution in [1.82, 2.24) is 4.98 Å². The Morgan fingerprint density at radius 2 is 1.88 bits per heavy atom. The molecule has 0 radical (unpaired) electrons. The fourth-order valence-corrected chi connectivity index (χ4v) is 3.56. The lowest BCUT2D eigenvalue weighted by atomic mass is 10.0. The number of nitrogens with zero attached hydrogens (tertiary/aromatic N) is 2. The van der Waals surface area contributed by atoms with Crippen molar-refractivity contribution in [2.24, 2.45) is 4.99 Å². The summed E-state index contributed by atoms with van der Waals surface area (Å²) in [6.45, 7) is 4.15. The van der Waals surface area contributed by atoms with Crippen LogP contribution in [0.3, 0.4) is 0 Å². The number of methoxy groups -OCH3 is 1. The van der Waals surface area contributed by atoms with Crippen molar-refractivity contribution in [2.45, 2.75) is 13.8 Å². The van der Waals surface area contributed by atoms with E-state index in [2.05, 4.69) is 31.0 Å². The summed E-state index contributed by atoms with van der Waals surface area (Å²) < 4.78 is 11.5. The quantitative estimate of drug-likeness (QED) is 0.489. The third-order valence-corrected chi connectivity index (χ3v) is 4.86. The summed E-state index contributed by atoms with van der Waals surface area (Å²) in [4.78, 5) is 9.06. The van der Waals surface area contributed by atoms with Crippen LogP contribution in [0.15, 0.2) is 63.5 Å². The summed E-state index contributed by atoms with van der Waals surface area (Å²) in [5, 5.41) is 4.54. The van der Waals surface area contributed by atoms with E-state index in [0.29, 0.717) is 0 Å². The van der Waals surface area contributed by atoms with Crippen LogP contribution in [-0.4, -0.2) is 12.1 Å². The average Bonchev–Trinajstić information content (AvgIpc) is 3.14. The maximum absolute atomic E-state index is 6.23. The van der Waals surface area contributed by atoms with E-state index in [-0.39, 0.29) is 0 Å². The molecule has 0 saturated heterocycles. The van der Waals surface area contributed by atoms with Gasteiger partial charge in [-0.2, -0.15) is 0 Å². The Balaban J connectivity index is 2.00. The van der Waals surface area contributed by atoms with Crippen LogP contribution in [0.2, 0.25) is 0 Å². The number of benzene rings is 2. The predicted molar refractivity (Wildman–Crippen MR) is 105 cm³/mol. The Morgan fingerprint density at radius 1 is 1.08 bits per heavy atom. The molecular formula is C21H18N2O2S. The lowest BCUT2D eigenvalue weighted by Crippen LogP contribution is -2.05. The van der Waals surface area contributed by atoms with Gasteiger partial charge >= 0.3 is 0 Å². The minimum Gasteiger partial charge on any atom is -0.497 e. The molecule has 0 fully saturated rings. The minimum atomic E-state index is 0.734. The van der Waals surface area contributed by atoms with Crippen molar-refractivity contribution >= 4 is 27.4 Å². The van der Waals surface area contributed by atoms with Crippen LogP contribution in [0.5, 0.6) is 5.75 Å². The molecule has 0 atom stereocenters. The van der Waals surface area contributed by atoms with Gasteiger partial charge in [0.05, 0.1) is 12.5 Å². The molecule has 2 aromatic heterocycles. The lowest BCUT2D eigenvalue weighted by molar-refractivity contribution is 0.415. The van der Waals surface area contributed by atoms with E-state index in [1.807, 2.05) is 35.7 Å². The van der Waals surface area contributed by atoms with Crippen LogP contribution in [0.25, 0.3) is 22.3 Å². The van der Waals surface area contributed by atoms with Crippen LogP contribution in [-0.2, 0) is 0 Å². The lowest BCUT2D eigenvalue weighted by Gasteiger charge is -2.08. The van der Waals surface area contributed by atoms with Crippen LogP contribution in [0.4, 0.5) is 5.13 Å². The fraction of sp³-hybridized carbons (Fsp3) is 0.143. The standard InChI is InChI=1S/C21H18N2O2S/c1-13-10-14(2)20-17(23-21-22-8-9-26-21)12-18(25-19(20)11-13)15-4-6-16(24-3)7-5-15/h4-12H,1-3H3. The van der Waals surface area contributed by atoms with E-state index in [1.165, 1.54) is 11.3 Å². The highest BCUT2D eigenvalue weighted by Gasteiger charge is 2.10. The largest absolute Gasteiger partial charge is 0.497 e. The average molecular weight is 362 g/mol. The van der Waals surface area contributed by atoms with Gasteiger partial charge in [0.2, 0.25) is 5.13 Å². The molecule has 5 heteroatoms. The van der Waals surface area contributed by atoms with Gasteiger partial charge in [0, 0.05) is 28.6 Å². The number of thiazole rings is 1. The highest BCUT2D eigenvalue weighted by Crippen LogP contribution is 2.27. The van der Waals surface area contributed by atoms with E-state index in [1.54, 1.807) is 13.3 Å². The van der Waals surface area contributed by atoms with E-state index in [9.17, 15) is 0 Å². The van der Waals surface area contributed by atoms with Crippen molar-refractivity contribution in [3.63, 3.8) is 0 Å². The van der Waals surface area contributed by atoms with Gasteiger partial charge in [-0.05, 0) is 55.3 Å². The summed E-state index contributed by atoms with van der Waals surface area (Å²) in [6.07, 6.45) is 1.76. The van der Waals surface area contributed by atoms with Gasteiger partial charge in [0.25, 0.3) is 0 Å². The van der Waals surface area contributed by atoms with Crippen molar-refractivity contribution in [3.8, 4) is 17.1 Å². The number of hydrogen-bond acceptors (Lipinski definition) is 5. The fourth-order valence-electron chi connectivity index (χ4n) is 3.04. The van der Waals surface area contributed by atoms with Gasteiger partial charge in [0.15, 0.2) is 0 Å². The summed E-state index contributed by atoms with van der Waals surface area (Å²) in [5.41, 5.74) is 4.10. The normalized spacial score (nSPS) is 11.9. The molecule has 0 spiro atoms. The van der Waals surface area contributed by atoms with Gasteiger partial charge in [-0.15, -0.1) is 11.3 Å². The van der Waals surface area contributed by atoms with Crippen LogP contribution in [0.1, 0.15) is 11.1 Å². The molecule has 0 aliphatic heterocycles. The van der Waals surface area contributed by atoms with E-state index < -0.39 is 0 Å². The molecule has 4 aromatic rings. The highest BCUT2D eigenvalue weighted by atomic mass is 32.1. The first-order chi connectivity index (χ1) is 12.6. The van der Waals surface area contributed by atoms with Gasteiger partial charge in [-0.1, -0.05) is 6.07 Å². The van der Waals surface area contributed by atoms with Gasteiger partial charge in [0.1, 0.15) is 17.1 Å². The van der Waals surface area contributed by atoms with Crippen molar-refractivity contribution in [2.75, 3.05) is 7.11 Å². The molecule has 0 amide bonds. The minimum absolute atomic E-state index is 0.734. The summed E-state index contributed by atoms with van der Waals surface area (Å²) >= 11 is 1.52. The molecular weight excluding hydrogens is 344 g/mol. The molecule has 0 aliphatic carbocycles. The number of aryl methyl sites for hydroxylation is 2. The van der Waals surface area contributed by atoms with E-state index >= 15 is 0 Å². The monoisotopic (exact) mass is 362 g/mol. The molecule has 0 unspecified atom stereocenters. The summed E-state index contributed by atoms with van der Waals surface area (Å²) in [6, 6.07) is 14.0. The molecule has 0 aliphatic rings. The Morgan fingerprint density at radius 3 is 2.58 bits per heavy atom. The molecule has 130 valence electrons. The first kappa shape index (κ1) is 16.5. The number of fused-ring (bicyclic) bond motifs is 1. The van der Waals surface area contributed by atoms with Crippen LogP contribution in [0, 0.1) is 13.8 Å². The molecule has 2 heterocycles. The molecule has 2 aromatic carbocycles. The zero-order chi connectivity index (χ0) is 18.1. The highest BCUT2D eigenvalue weighted by molar-refractivity contribution is 7.13. The Bertz CT molecular complexity index is 1130. The predicted octanol–water partition coefficient (Wildman–Crippen LogP) is 5.41. The molecule has 4 nitrogen and oxygen atoms in total. The third-order valence-electron chi connectivity index (χ3n) is 4.20. The summed E-state index contributed by atoms with van der Waals surface area (Å²) in [5.74, 6) is 1.58. The number of ether oxygens (including phenoxy) is 1. The van der Waals surface area contributed by atoms with E-state index in [0.717, 1.165) is 49.7 Å². The maximum atomic E-state index is 6.23. The van der Waals surface area contributed by atoms with Crippen LogP contribution >= 0.6 is 11.3 Å². The van der Waals surface area contributed by atoms with Crippen molar-refractivity contribution in [3.05, 3.63) is 70.5 Å². The second kappa shape index (κ2) is 6.77. The smallest absolute Gasteiger partial charge is 0.209 e. The molecule has 0 saturated carbocycles. The molecule has 26 heavy (non-hydrogen) atoms. The number of rotatable bonds is 3. The topological polar surface area (TPSA) is 47.6 Å². The Hall–Kier alpha value is -2.92. The first-order valence-corrected chi connectivity index (χ1v) is 9.16. The van der Waals surface area contributed by atoms with Crippen LogP contribution < -0.4 is 10.1 Å².